The normalized spacial score (nSPS) is 16.1. The highest BCUT2D eigenvalue weighted by Crippen LogP contribution is 2.23. The Labute approximate surface area is 102 Å². The van der Waals surface area contributed by atoms with E-state index in [-0.39, 0.29) is 0 Å². The number of hydrogen-bond acceptors (Lipinski definition) is 2. The minimum Gasteiger partial charge on any atom is -0.384 e. The highest BCUT2D eigenvalue weighted by molar-refractivity contribution is 4.73. The zero-order valence-corrected chi connectivity index (χ0v) is 12.1. The molecule has 16 heavy (non-hydrogen) atoms. The van der Waals surface area contributed by atoms with Crippen molar-refractivity contribution in [3.8, 4) is 0 Å². The van der Waals surface area contributed by atoms with Crippen molar-refractivity contribution in [2.24, 2.45) is 11.3 Å². The summed E-state index contributed by atoms with van der Waals surface area (Å²) in [6.45, 7) is 13.3. The van der Waals surface area contributed by atoms with Gasteiger partial charge < -0.3 is 10.1 Å². The molecule has 1 N–H and O–H groups in total. The van der Waals surface area contributed by atoms with Gasteiger partial charge in [-0.1, -0.05) is 34.6 Å². The van der Waals surface area contributed by atoms with Crippen molar-refractivity contribution in [2.45, 2.75) is 59.9 Å². The Morgan fingerprint density at radius 1 is 1.25 bits per heavy atom. The first-order valence-corrected chi connectivity index (χ1v) is 6.61. The highest BCUT2D eigenvalue weighted by atomic mass is 16.5. The Morgan fingerprint density at radius 2 is 1.88 bits per heavy atom. The van der Waals surface area contributed by atoms with Crippen LogP contribution < -0.4 is 5.32 Å². The van der Waals surface area contributed by atoms with Crippen LogP contribution in [0.25, 0.3) is 0 Å². The standard InChI is InChI=1S/C14H31NO/c1-7-15-13(8-9-14(3,4)5)10-12(2)11-16-6/h12-13,15H,7-11H2,1-6H3. The first-order chi connectivity index (χ1) is 7.39. The van der Waals surface area contributed by atoms with Crippen molar-refractivity contribution in [3.63, 3.8) is 0 Å². The smallest absolute Gasteiger partial charge is 0.0488 e. The van der Waals surface area contributed by atoms with Gasteiger partial charge in [-0.15, -0.1) is 0 Å². The maximum Gasteiger partial charge on any atom is 0.0488 e. The molecular formula is C14H31NO. The molecule has 2 heteroatoms. The molecule has 0 radical (unpaired) electrons. The summed E-state index contributed by atoms with van der Waals surface area (Å²) in [7, 11) is 1.79. The molecule has 2 unspecified atom stereocenters. The second-order valence-corrected chi connectivity index (χ2v) is 6.15. The van der Waals surface area contributed by atoms with Crippen LogP contribution in [-0.2, 0) is 4.74 Å². The Kier molecular flexibility index (Phi) is 8.04. The van der Waals surface area contributed by atoms with E-state index in [0.29, 0.717) is 17.4 Å². The molecule has 0 saturated heterocycles. The molecule has 0 spiro atoms. The van der Waals surface area contributed by atoms with Gasteiger partial charge in [0.2, 0.25) is 0 Å². The average Bonchev–Trinajstić information content (AvgIpc) is 2.14. The summed E-state index contributed by atoms with van der Waals surface area (Å²) in [6.07, 6.45) is 3.77. The van der Waals surface area contributed by atoms with E-state index in [2.05, 4.69) is 39.9 Å². The van der Waals surface area contributed by atoms with Gasteiger partial charge in [0.1, 0.15) is 0 Å². The summed E-state index contributed by atoms with van der Waals surface area (Å²) in [5.74, 6) is 0.647. The lowest BCUT2D eigenvalue weighted by Crippen LogP contribution is -2.32. The Morgan fingerprint density at radius 3 is 2.31 bits per heavy atom. The lowest BCUT2D eigenvalue weighted by molar-refractivity contribution is 0.147. The summed E-state index contributed by atoms with van der Waals surface area (Å²) >= 11 is 0. The lowest BCUT2D eigenvalue weighted by atomic mass is 9.87. The van der Waals surface area contributed by atoms with E-state index in [9.17, 15) is 0 Å². The summed E-state index contributed by atoms with van der Waals surface area (Å²) in [4.78, 5) is 0. The van der Waals surface area contributed by atoms with Gasteiger partial charge in [-0.25, -0.2) is 0 Å². The monoisotopic (exact) mass is 229 g/mol. The summed E-state index contributed by atoms with van der Waals surface area (Å²) in [6, 6.07) is 0.648. The Balaban J connectivity index is 3.96. The number of hydrogen-bond donors (Lipinski definition) is 1. The second kappa shape index (κ2) is 8.08. The maximum absolute atomic E-state index is 5.20. The lowest BCUT2D eigenvalue weighted by Gasteiger charge is -2.25. The molecule has 0 aliphatic carbocycles. The molecule has 0 aliphatic rings. The predicted molar refractivity (Wildman–Crippen MR) is 71.8 cm³/mol. The molecule has 98 valence electrons. The molecule has 2 nitrogen and oxygen atoms in total. The van der Waals surface area contributed by atoms with Crippen LogP contribution in [-0.4, -0.2) is 26.3 Å². The van der Waals surface area contributed by atoms with Gasteiger partial charge in [0.15, 0.2) is 0 Å². The first kappa shape index (κ1) is 15.9. The molecule has 0 aromatic heterocycles. The van der Waals surface area contributed by atoms with E-state index >= 15 is 0 Å². The van der Waals surface area contributed by atoms with Crippen molar-refractivity contribution in [1.29, 1.82) is 0 Å². The molecule has 0 rings (SSSR count). The molecule has 0 aliphatic heterocycles. The summed E-state index contributed by atoms with van der Waals surface area (Å²) < 4.78 is 5.20. The number of rotatable bonds is 8. The molecule has 0 bridgehead atoms. The van der Waals surface area contributed by atoms with Crippen molar-refractivity contribution in [1.82, 2.24) is 5.32 Å². The van der Waals surface area contributed by atoms with Gasteiger partial charge in [0.25, 0.3) is 0 Å². The summed E-state index contributed by atoms with van der Waals surface area (Å²) in [5, 5.41) is 3.59. The minimum atomic E-state index is 0.443. The van der Waals surface area contributed by atoms with Gasteiger partial charge in [-0.2, -0.15) is 0 Å². The fraction of sp³-hybridized carbons (Fsp3) is 1.00. The quantitative estimate of drug-likeness (QED) is 0.688. The average molecular weight is 229 g/mol. The van der Waals surface area contributed by atoms with E-state index in [4.69, 9.17) is 4.74 Å². The Bertz CT molecular complexity index is 163. The molecule has 2 atom stereocenters. The van der Waals surface area contributed by atoms with Crippen molar-refractivity contribution >= 4 is 0 Å². The van der Waals surface area contributed by atoms with Gasteiger partial charge in [0, 0.05) is 19.8 Å². The van der Waals surface area contributed by atoms with E-state index in [1.165, 1.54) is 19.3 Å². The summed E-state index contributed by atoms with van der Waals surface area (Å²) in [5.41, 5.74) is 0.443. The van der Waals surface area contributed by atoms with E-state index < -0.39 is 0 Å². The molecule has 0 amide bonds. The van der Waals surface area contributed by atoms with Gasteiger partial charge in [-0.05, 0) is 37.1 Å². The molecule has 0 aromatic carbocycles. The van der Waals surface area contributed by atoms with Crippen LogP contribution in [0, 0.1) is 11.3 Å². The minimum absolute atomic E-state index is 0.443. The largest absolute Gasteiger partial charge is 0.384 e. The van der Waals surface area contributed by atoms with Crippen LogP contribution in [0.3, 0.4) is 0 Å². The van der Waals surface area contributed by atoms with Crippen LogP contribution in [0.1, 0.15) is 53.9 Å². The van der Waals surface area contributed by atoms with Crippen molar-refractivity contribution in [3.05, 3.63) is 0 Å². The van der Waals surface area contributed by atoms with Crippen molar-refractivity contribution < 1.29 is 4.74 Å². The molecule has 0 saturated carbocycles. The van der Waals surface area contributed by atoms with E-state index in [1.807, 2.05) is 0 Å². The molecule has 0 fully saturated rings. The number of methoxy groups -OCH3 is 1. The van der Waals surface area contributed by atoms with Gasteiger partial charge >= 0.3 is 0 Å². The number of nitrogens with one attached hydrogen (secondary N) is 1. The van der Waals surface area contributed by atoms with E-state index in [0.717, 1.165) is 13.2 Å². The third kappa shape index (κ3) is 9.17. The predicted octanol–water partition coefficient (Wildman–Crippen LogP) is 3.46. The zero-order chi connectivity index (χ0) is 12.6. The Hall–Kier alpha value is -0.0800. The first-order valence-electron chi connectivity index (χ1n) is 6.61. The van der Waals surface area contributed by atoms with Crippen LogP contribution in [0.5, 0.6) is 0 Å². The van der Waals surface area contributed by atoms with Crippen molar-refractivity contribution in [2.75, 3.05) is 20.3 Å². The van der Waals surface area contributed by atoms with Crippen LogP contribution in [0.2, 0.25) is 0 Å². The van der Waals surface area contributed by atoms with E-state index in [1.54, 1.807) is 7.11 Å². The molecule has 0 aromatic rings. The second-order valence-electron chi connectivity index (χ2n) is 6.15. The molecule has 0 heterocycles. The number of ether oxygens (including phenoxy) is 1. The van der Waals surface area contributed by atoms with Gasteiger partial charge in [-0.3, -0.25) is 0 Å². The topological polar surface area (TPSA) is 21.3 Å². The third-order valence-electron chi connectivity index (χ3n) is 2.87. The zero-order valence-electron chi connectivity index (χ0n) is 12.1. The highest BCUT2D eigenvalue weighted by Gasteiger charge is 2.16. The molecular weight excluding hydrogens is 198 g/mol. The van der Waals surface area contributed by atoms with Crippen LogP contribution in [0.15, 0.2) is 0 Å². The SMILES string of the molecule is CCNC(CCC(C)(C)C)CC(C)COC. The maximum atomic E-state index is 5.20. The fourth-order valence-electron chi connectivity index (χ4n) is 2.04. The fourth-order valence-corrected chi connectivity index (χ4v) is 2.04. The third-order valence-corrected chi connectivity index (χ3v) is 2.87. The van der Waals surface area contributed by atoms with Crippen LogP contribution in [0.4, 0.5) is 0 Å². The van der Waals surface area contributed by atoms with Crippen LogP contribution >= 0.6 is 0 Å². The van der Waals surface area contributed by atoms with Gasteiger partial charge in [0.05, 0.1) is 0 Å².